The Kier molecular flexibility index (Phi) is 12.4. The normalized spacial score (nSPS) is 11.6. The van der Waals surface area contributed by atoms with Crippen LogP contribution >= 0.6 is 0 Å². The summed E-state index contributed by atoms with van der Waals surface area (Å²) < 4.78 is 70.1. The van der Waals surface area contributed by atoms with Crippen molar-refractivity contribution >= 4 is 44.3 Å². The number of hydrogen-bond acceptors (Lipinski definition) is 10. The SMILES string of the molecule is Cc1cc(C(=O)[O-])n(-c2ccc(/C=C/c3ccc(-n4nc(C)cc4C(=O)[O-])cc3S(=O)(=O)O)c(S(=O)(=O)O)c2)n1.[K+].[K+]. The Balaban J connectivity index is 0.00000308. The van der Waals surface area contributed by atoms with E-state index in [1.165, 1.54) is 50.2 Å². The molecule has 2 aromatic carbocycles. The average Bonchev–Trinajstić information content (AvgIpc) is 3.44. The van der Waals surface area contributed by atoms with Crippen LogP contribution in [0, 0.1) is 13.8 Å². The molecule has 0 aliphatic rings. The van der Waals surface area contributed by atoms with Crippen LogP contribution in [0.2, 0.25) is 0 Å². The molecule has 2 heterocycles. The number of carbonyl (C=O) groups is 2. The van der Waals surface area contributed by atoms with Gasteiger partial charge >= 0.3 is 103 Å². The van der Waals surface area contributed by atoms with E-state index in [2.05, 4.69) is 10.2 Å². The Morgan fingerprint density at radius 2 is 1.02 bits per heavy atom. The van der Waals surface area contributed by atoms with Crippen molar-refractivity contribution < 1.29 is 149 Å². The predicted octanol–water partition coefficient (Wildman–Crippen LogP) is -5.93. The summed E-state index contributed by atoms with van der Waals surface area (Å²) in [7, 11) is -9.77. The predicted molar refractivity (Wildman–Crippen MR) is 134 cm³/mol. The maximum Gasteiger partial charge on any atom is 1.00 e. The van der Waals surface area contributed by atoms with E-state index in [4.69, 9.17) is 0 Å². The van der Waals surface area contributed by atoms with Crippen molar-refractivity contribution in [3.05, 3.63) is 82.4 Å². The molecule has 0 spiro atoms. The van der Waals surface area contributed by atoms with E-state index in [0.29, 0.717) is 11.4 Å². The van der Waals surface area contributed by atoms with Gasteiger partial charge in [0.25, 0.3) is 20.2 Å². The van der Waals surface area contributed by atoms with Gasteiger partial charge in [-0.2, -0.15) is 27.0 Å². The second-order valence-corrected chi connectivity index (χ2v) is 11.2. The fraction of sp³-hybridized carbons (Fsp3) is 0.0833. The second-order valence-electron chi connectivity index (χ2n) is 8.47. The van der Waals surface area contributed by atoms with Crippen molar-refractivity contribution in [3.63, 3.8) is 0 Å². The number of carboxylic acids is 2. The van der Waals surface area contributed by atoms with E-state index in [9.17, 15) is 45.7 Å². The molecule has 0 fully saturated rings. The van der Waals surface area contributed by atoms with Gasteiger partial charge in [0.1, 0.15) is 9.79 Å². The molecule has 4 aromatic rings. The minimum Gasteiger partial charge on any atom is -0.543 e. The van der Waals surface area contributed by atoms with Gasteiger partial charge < -0.3 is 19.8 Å². The molecule has 42 heavy (non-hydrogen) atoms. The van der Waals surface area contributed by atoms with Crippen LogP contribution in [-0.2, 0) is 20.2 Å². The van der Waals surface area contributed by atoms with Crippen LogP contribution in [0.5, 0.6) is 0 Å². The number of carbonyl (C=O) groups excluding carboxylic acids is 2. The zero-order valence-corrected chi connectivity index (χ0v) is 30.4. The molecule has 0 radical (unpaired) electrons. The molecule has 0 saturated heterocycles. The Labute approximate surface area is 324 Å². The van der Waals surface area contributed by atoms with E-state index in [-0.39, 0.29) is 137 Å². The number of nitrogens with zero attached hydrogens (tertiary/aromatic N) is 4. The summed E-state index contributed by atoms with van der Waals surface area (Å²) in [5.41, 5.74) is -0.445. The summed E-state index contributed by atoms with van der Waals surface area (Å²) in [5, 5.41) is 30.9. The van der Waals surface area contributed by atoms with Gasteiger partial charge in [-0.3, -0.25) is 9.11 Å². The number of carboxylic acid groups (broad SMARTS) is 2. The summed E-state index contributed by atoms with van der Waals surface area (Å²) in [6.07, 6.45) is 2.27. The molecular weight excluding hydrogens is 647 g/mol. The summed E-state index contributed by atoms with van der Waals surface area (Å²) in [6.45, 7) is 3.02. The molecule has 0 bridgehead atoms. The molecule has 0 saturated carbocycles. The van der Waals surface area contributed by atoms with Gasteiger partial charge in [-0.05, 0) is 61.4 Å². The molecule has 0 amide bonds. The van der Waals surface area contributed by atoms with Gasteiger partial charge in [-0.15, -0.1) is 0 Å². The number of aromatic carboxylic acids is 2. The first-order chi connectivity index (χ1) is 18.6. The first-order valence-electron chi connectivity index (χ1n) is 11.0. The largest absolute Gasteiger partial charge is 1.00 e. The second kappa shape index (κ2) is 14.2. The third kappa shape index (κ3) is 8.21. The van der Waals surface area contributed by atoms with Crippen molar-refractivity contribution in [1.29, 1.82) is 0 Å². The standard InChI is InChI=1S/C24H20N4O10S2.2K/c1-13-9-19(23(29)30)27(25-13)17-7-5-15(21(11-17)39(33,34)35)3-4-16-6-8-18(12-22(16)40(36,37)38)28-20(24(31)32)10-14(2)26-28;;/h3-12H,1-2H3,(H,29,30)(H,31,32)(H,33,34,35)(H,36,37,38);;/q;2*+1/p-2/b4-3+;;. The topological polar surface area (TPSA) is 225 Å². The zero-order valence-electron chi connectivity index (χ0n) is 22.5. The molecule has 0 unspecified atom stereocenters. The molecule has 4 rings (SSSR count). The molecule has 0 atom stereocenters. The number of rotatable bonds is 8. The molecule has 14 nitrogen and oxygen atoms in total. The summed E-state index contributed by atoms with van der Waals surface area (Å²) in [4.78, 5) is 21.6. The zero-order chi connectivity index (χ0) is 29.6. The minimum atomic E-state index is -4.88. The van der Waals surface area contributed by atoms with Gasteiger partial charge in [0, 0.05) is 0 Å². The van der Waals surface area contributed by atoms with Gasteiger partial charge in [0.2, 0.25) is 0 Å². The Morgan fingerprint density at radius 1 is 0.690 bits per heavy atom. The van der Waals surface area contributed by atoms with Crippen LogP contribution in [0.3, 0.4) is 0 Å². The van der Waals surface area contributed by atoms with Crippen molar-refractivity contribution in [2.75, 3.05) is 0 Å². The van der Waals surface area contributed by atoms with E-state index in [1.807, 2.05) is 0 Å². The van der Waals surface area contributed by atoms with Crippen molar-refractivity contribution in [3.8, 4) is 11.4 Å². The van der Waals surface area contributed by atoms with Crippen molar-refractivity contribution in [2.24, 2.45) is 0 Å². The quantitative estimate of drug-likeness (QED) is 0.102. The summed E-state index contributed by atoms with van der Waals surface area (Å²) in [6, 6.07) is 9.37. The maximum atomic E-state index is 12.2. The Hall–Kier alpha value is -1.37. The first-order valence-corrected chi connectivity index (χ1v) is 13.9. The number of aromatic nitrogens is 4. The Bertz CT molecular complexity index is 1810. The fourth-order valence-corrected chi connectivity index (χ4v) is 5.30. The van der Waals surface area contributed by atoms with Crippen LogP contribution in [-0.4, -0.2) is 57.4 Å². The number of hydrogen-bond donors (Lipinski definition) is 2. The molecule has 208 valence electrons. The summed E-state index contributed by atoms with van der Waals surface area (Å²) >= 11 is 0. The van der Waals surface area contributed by atoms with Crippen LogP contribution in [0.25, 0.3) is 23.5 Å². The van der Waals surface area contributed by atoms with Crippen LogP contribution in [0.15, 0.2) is 58.3 Å². The van der Waals surface area contributed by atoms with Gasteiger partial charge in [-0.25, -0.2) is 9.36 Å². The third-order valence-electron chi connectivity index (χ3n) is 5.56. The molecule has 0 aliphatic heterocycles. The number of benzene rings is 2. The number of aryl methyl sites for hydroxylation is 2. The monoisotopic (exact) mass is 664 g/mol. The molecule has 18 heteroatoms. The van der Waals surface area contributed by atoms with E-state index in [1.54, 1.807) is 0 Å². The Morgan fingerprint density at radius 3 is 1.31 bits per heavy atom. The molecule has 2 aromatic heterocycles. The average molecular weight is 665 g/mol. The maximum absolute atomic E-state index is 12.2. The smallest absolute Gasteiger partial charge is 0.543 e. The van der Waals surface area contributed by atoms with Crippen molar-refractivity contribution in [1.82, 2.24) is 19.6 Å². The van der Waals surface area contributed by atoms with Crippen molar-refractivity contribution in [2.45, 2.75) is 23.6 Å². The van der Waals surface area contributed by atoms with E-state index in [0.717, 1.165) is 33.6 Å². The van der Waals surface area contributed by atoms with Gasteiger partial charge in [0.15, 0.2) is 0 Å². The van der Waals surface area contributed by atoms with Crippen LogP contribution in [0.4, 0.5) is 0 Å². The van der Waals surface area contributed by atoms with E-state index >= 15 is 0 Å². The van der Waals surface area contributed by atoms with E-state index < -0.39 is 42.0 Å². The van der Waals surface area contributed by atoms with Gasteiger partial charge in [-0.1, -0.05) is 24.3 Å². The third-order valence-corrected chi connectivity index (χ3v) is 7.38. The fourth-order valence-electron chi connectivity index (χ4n) is 3.89. The summed E-state index contributed by atoms with van der Waals surface area (Å²) in [5.74, 6) is -3.15. The van der Waals surface area contributed by atoms with Crippen LogP contribution < -0.4 is 113 Å². The van der Waals surface area contributed by atoms with Crippen LogP contribution in [0.1, 0.15) is 43.5 Å². The first kappa shape index (κ1) is 36.8. The van der Waals surface area contributed by atoms with Gasteiger partial charge in [0.05, 0.1) is 46.1 Å². The molecule has 2 N–H and O–H groups in total. The molecule has 0 aliphatic carbocycles. The minimum absolute atomic E-state index is 0. The molecular formula is C24H18K2N4O10S2.